The lowest BCUT2D eigenvalue weighted by Crippen LogP contribution is -2.18. The van der Waals surface area contributed by atoms with Gasteiger partial charge in [-0.1, -0.05) is 26.0 Å². The summed E-state index contributed by atoms with van der Waals surface area (Å²) in [4.78, 5) is 4.51. The first-order chi connectivity index (χ1) is 8.22. The zero-order valence-electron chi connectivity index (χ0n) is 10.9. The number of hydrogen-bond acceptors (Lipinski definition) is 4. The van der Waals surface area contributed by atoms with Crippen molar-refractivity contribution in [3.63, 3.8) is 0 Å². The Bertz CT molecular complexity index is 334. The highest BCUT2D eigenvalue weighted by Crippen LogP contribution is 2.10. The fraction of sp³-hybridized carbons (Fsp3) is 0.615. The first kappa shape index (κ1) is 14.4. The zero-order chi connectivity index (χ0) is 12.5. The number of thiazole rings is 1. The fourth-order valence-electron chi connectivity index (χ4n) is 1.29. The van der Waals surface area contributed by atoms with Gasteiger partial charge in [-0.3, -0.25) is 0 Å². The van der Waals surface area contributed by atoms with Crippen LogP contribution in [-0.4, -0.2) is 18.1 Å². The lowest BCUT2D eigenvalue weighted by molar-refractivity contribution is 0.146. The molecule has 96 valence electrons. The van der Waals surface area contributed by atoms with Crippen molar-refractivity contribution in [3.8, 4) is 0 Å². The van der Waals surface area contributed by atoms with E-state index in [1.165, 1.54) is 0 Å². The van der Waals surface area contributed by atoms with E-state index in [1.807, 2.05) is 19.1 Å². The maximum Gasteiger partial charge on any atom is 0.107 e. The Morgan fingerprint density at radius 1 is 1.53 bits per heavy atom. The van der Waals surface area contributed by atoms with E-state index >= 15 is 0 Å². The van der Waals surface area contributed by atoms with Crippen LogP contribution >= 0.6 is 11.3 Å². The van der Waals surface area contributed by atoms with E-state index in [9.17, 15) is 0 Å². The third-order valence-electron chi connectivity index (χ3n) is 2.13. The zero-order valence-corrected chi connectivity index (χ0v) is 11.7. The Morgan fingerprint density at radius 2 is 2.35 bits per heavy atom. The molecule has 0 amide bonds. The van der Waals surface area contributed by atoms with Gasteiger partial charge in [0.05, 0.1) is 18.9 Å². The molecular formula is C13H22N2OS. The number of nitrogens with one attached hydrogen (secondary N) is 1. The van der Waals surface area contributed by atoms with Crippen LogP contribution in [-0.2, 0) is 17.9 Å². The van der Waals surface area contributed by atoms with E-state index in [2.05, 4.69) is 29.5 Å². The van der Waals surface area contributed by atoms with Crippen molar-refractivity contribution in [3.05, 3.63) is 28.2 Å². The van der Waals surface area contributed by atoms with Crippen molar-refractivity contribution >= 4 is 11.3 Å². The molecule has 1 aromatic heterocycles. The van der Waals surface area contributed by atoms with Crippen molar-refractivity contribution in [2.45, 2.75) is 33.9 Å². The predicted octanol–water partition coefficient (Wildman–Crippen LogP) is 2.98. The van der Waals surface area contributed by atoms with Gasteiger partial charge in [-0.25, -0.2) is 4.98 Å². The number of ether oxygens (including phenoxy) is 1. The molecule has 0 saturated heterocycles. The molecule has 4 heteroatoms. The molecule has 0 spiro atoms. The van der Waals surface area contributed by atoms with Gasteiger partial charge in [-0.2, -0.15) is 0 Å². The van der Waals surface area contributed by atoms with Crippen LogP contribution in [0.2, 0.25) is 0 Å². The molecule has 0 unspecified atom stereocenters. The van der Waals surface area contributed by atoms with Gasteiger partial charge < -0.3 is 10.1 Å². The monoisotopic (exact) mass is 254 g/mol. The number of aromatic nitrogens is 1. The van der Waals surface area contributed by atoms with Gasteiger partial charge >= 0.3 is 0 Å². The largest absolute Gasteiger partial charge is 0.371 e. The van der Waals surface area contributed by atoms with Gasteiger partial charge in [0.2, 0.25) is 0 Å². The molecule has 3 nitrogen and oxygen atoms in total. The number of rotatable bonds is 8. The molecule has 0 aromatic carbocycles. The standard InChI is InChI=1S/C13H22N2OS/c1-4-5-6-16-9-12-10-17-13(15-12)8-14-7-11(2)3/h4-5,10-11,14H,6-9H2,1-3H3. The van der Waals surface area contributed by atoms with Crippen molar-refractivity contribution in [1.82, 2.24) is 10.3 Å². The SMILES string of the molecule is CC=CCOCc1csc(CNCC(C)C)n1. The van der Waals surface area contributed by atoms with Crippen LogP contribution < -0.4 is 5.32 Å². The summed E-state index contributed by atoms with van der Waals surface area (Å²) >= 11 is 1.69. The predicted molar refractivity (Wildman–Crippen MR) is 73.1 cm³/mol. The van der Waals surface area contributed by atoms with Crippen molar-refractivity contribution in [2.24, 2.45) is 5.92 Å². The normalized spacial score (nSPS) is 11.8. The molecule has 0 aliphatic heterocycles. The lowest BCUT2D eigenvalue weighted by atomic mass is 10.2. The average Bonchev–Trinajstić information content (AvgIpc) is 2.72. The minimum absolute atomic E-state index is 0.602. The Hall–Kier alpha value is -0.710. The highest BCUT2D eigenvalue weighted by Gasteiger charge is 2.02. The maximum atomic E-state index is 5.45. The molecule has 0 bridgehead atoms. The van der Waals surface area contributed by atoms with E-state index in [-0.39, 0.29) is 0 Å². The first-order valence-corrected chi connectivity index (χ1v) is 6.93. The summed E-state index contributed by atoms with van der Waals surface area (Å²) in [7, 11) is 0. The van der Waals surface area contributed by atoms with E-state index in [1.54, 1.807) is 11.3 Å². The lowest BCUT2D eigenvalue weighted by Gasteiger charge is -2.04. The van der Waals surface area contributed by atoms with Gasteiger partial charge in [0.25, 0.3) is 0 Å². The van der Waals surface area contributed by atoms with Crippen LogP contribution in [0, 0.1) is 5.92 Å². The smallest absolute Gasteiger partial charge is 0.107 e. The average molecular weight is 254 g/mol. The van der Waals surface area contributed by atoms with Gasteiger partial charge in [0.15, 0.2) is 0 Å². The summed E-state index contributed by atoms with van der Waals surface area (Å²) < 4.78 is 5.45. The minimum atomic E-state index is 0.602. The van der Waals surface area contributed by atoms with Crippen LogP contribution in [0.15, 0.2) is 17.5 Å². The summed E-state index contributed by atoms with van der Waals surface area (Å²) in [6.07, 6.45) is 3.99. The molecule has 0 saturated carbocycles. The number of allylic oxidation sites excluding steroid dienone is 1. The van der Waals surface area contributed by atoms with E-state index in [0.717, 1.165) is 23.8 Å². The molecule has 0 atom stereocenters. The summed E-state index contributed by atoms with van der Waals surface area (Å²) in [6, 6.07) is 0. The second-order valence-corrected chi connectivity index (χ2v) is 5.28. The molecule has 1 rings (SSSR count). The Balaban J connectivity index is 2.22. The van der Waals surface area contributed by atoms with Crippen molar-refractivity contribution in [2.75, 3.05) is 13.2 Å². The van der Waals surface area contributed by atoms with Gasteiger partial charge in [0.1, 0.15) is 5.01 Å². The van der Waals surface area contributed by atoms with Crippen molar-refractivity contribution < 1.29 is 4.74 Å². The van der Waals surface area contributed by atoms with E-state index < -0.39 is 0 Å². The summed E-state index contributed by atoms with van der Waals surface area (Å²) in [6.45, 7) is 9.56. The molecule has 1 aromatic rings. The van der Waals surface area contributed by atoms with E-state index in [4.69, 9.17) is 4.74 Å². The number of hydrogen-bond donors (Lipinski definition) is 1. The quantitative estimate of drug-likeness (QED) is 0.572. The molecule has 17 heavy (non-hydrogen) atoms. The van der Waals surface area contributed by atoms with Crippen LogP contribution in [0.5, 0.6) is 0 Å². The Labute approximate surface area is 108 Å². The number of nitrogens with zero attached hydrogens (tertiary/aromatic N) is 1. The van der Waals surface area contributed by atoms with E-state index in [0.29, 0.717) is 19.1 Å². The highest BCUT2D eigenvalue weighted by atomic mass is 32.1. The Morgan fingerprint density at radius 3 is 3.06 bits per heavy atom. The van der Waals surface area contributed by atoms with Gasteiger partial charge in [-0.05, 0) is 19.4 Å². The second kappa shape index (κ2) is 8.39. The minimum Gasteiger partial charge on any atom is -0.371 e. The maximum absolute atomic E-state index is 5.45. The molecule has 1 N–H and O–H groups in total. The summed E-state index contributed by atoms with van der Waals surface area (Å²) in [5.74, 6) is 0.679. The third-order valence-corrected chi connectivity index (χ3v) is 3.03. The van der Waals surface area contributed by atoms with Gasteiger partial charge in [-0.15, -0.1) is 11.3 Å². The molecule has 1 heterocycles. The van der Waals surface area contributed by atoms with Crippen LogP contribution in [0.3, 0.4) is 0 Å². The molecule has 0 aliphatic rings. The molecule has 0 radical (unpaired) electrons. The first-order valence-electron chi connectivity index (χ1n) is 6.05. The third kappa shape index (κ3) is 6.56. The van der Waals surface area contributed by atoms with Crippen LogP contribution in [0.4, 0.5) is 0 Å². The molecule has 0 fully saturated rings. The van der Waals surface area contributed by atoms with Gasteiger partial charge in [0, 0.05) is 11.9 Å². The van der Waals surface area contributed by atoms with Crippen LogP contribution in [0.1, 0.15) is 31.5 Å². The van der Waals surface area contributed by atoms with Crippen LogP contribution in [0.25, 0.3) is 0 Å². The highest BCUT2D eigenvalue weighted by molar-refractivity contribution is 7.09. The second-order valence-electron chi connectivity index (χ2n) is 4.34. The molecule has 0 aliphatic carbocycles. The summed E-state index contributed by atoms with van der Waals surface area (Å²) in [5, 5.41) is 6.59. The Kier molecular flexibility index (Phi) is 7.08. The topological polar surface area (TPSA) is 34.1 Å². The molecular weight excluding hydrogens is 232 g/mol. The summed E-state index contributed by atoms with van der Waals surface area (Å²) in [5.41, 5.74) is 1.03. The fourth-order valence-corrected chi connectivity index (χ4v) is 2.04. The van der Waals surface area contributed by atoms with Crippen molar-refractivity contribution in [1.29, 1.82) is 0 Å².